The van der Waals surface area contributed by atoms with Crippen molar-refractivity contribution >= 4 is 29.4 Å². The summed E-state index contributed by atoms with van der Waals surface area (Å²) in [5, 5.41) is 11.9. The van der Waals surface area contributed by atoms with E-state index >= 15 is 0 Å². The number of amides is 2. The largest absolute Gasteiger partial charge is 0.465 e. The molecule has 0 spiro atoms. The van der Waals surface area contributed by atoms with Crippen LogP contribution in [-0.2, 0) is 4.79 Å². The number of hydrogen-bond donors (Lipinski definition) is 4. The van der Waals surface area contributed by atoms with E-state index < -0.39 is 12.1 Å². The van der Waals surface area contributed by atoms with Crippen LogP contribution in [0.1, 0.15) is 48.9 Å². The maximum absolute atomic E-state index is 13.2. The lowest BCUT2D eigenvalue weighted by molar-refractivity contribution is -0.135. The number of rotatable bonds is 8. The topological polar surface area (TPSA) is 141 Å². The number of halogens is 1. The van der Waals surface area contributed by atoms with E-state index in [2.05, 4.69) is 10.3 Å². The zero-order chi connectivity index (χ0) is 26.7. The van der Waals surface area contributed by atoms with E-state index in [1.165, 1.54) is 0 Å². The lowest BCUT2D eigenvalue weighted by Gasteiger charge is -2.29. The van der Waals surface area contributed by atoms with Crippen LogP contribution in [-0.4, -0.2) is 56.9 Å². The lowest BCUT2D eigenvalue weighted by Crippen LogP contribution is -2.50. The molecule has 0 aliphatic carbocycles. The van der Waals surface area contributed by atoms with E-state index in [0.29, 0.717) is 35.2 Å². The highest BCUT2D eigenvalue weighted by atomic mass is 35.5. The van der Waals surface area contributed by atoms with E-state index in [1.54, 1.807) is 17.0 Å². The van der Waals surface area contributed by atoms with Crippen LogP contribution in [0.25, 0.3) is 22.4 Å². The van der Waals surface area contributed by atoms with Crippen molar-refractivity contribution in [2.45, 2.75) is 38.8 Å². The molecule has 1 aliphatic heterocycles. The first-order chi connectivity index (χ1) is 17.7. The van der Waals surface area contributed by atoms with Gasteiger partial charge in [0.05, 0.1) is 12.6 Å². The Morgan fingerprint density at radius 3 is 2.27 bits per heavy atom. The van der Waals surface area contributed by atoms with E-state index in [9.17, 15) is 19.5 Å². The fourth-order valence-corrected chi connectivity index (χ4v) is 4.89. The maximum atomic E-state index is 13.2. The molecular formula is C27H30ClN5O4. The molecule has 1 saturated heterocycles. The molecule has 5 N–H and O–H groups in total. The number of aromatic nitrogens is 2. The van der Waals surface area contributed by atoms with Gasteiger partial charge < -0.3 is 26.0 Å². The molecule has 3 aromatic rings. The van der Waals surface area contributed by atoms with Crippen LogP contribution in [0.3, 0.4) is 0 Å². The number of carbonyl (C=O) groups excluding carboxylic acids is 2. The third kappa shape index (κ3) is 5.68. The number of benzene rings is 2. The van der Waals surface area contributed by atoms with Gasteiger partial charge in [-0.1, -0.05) is 74.0 Å². The number of nitrogens with zero attached hydrogens (tertiary/aromatic N) is 2. The van der Waals surface area contributed by atoms with Crippen LogP contribution in [0.2, 0.25) is 5.15 Å². The number of aromatic amines is 1. The molecule has 2 aromatic carbocycles. The fourth-order valence-electron chi connectivity index (χ4n) is 4.65. The third-order valence-electron chi connectivity index (χ3n) is 6.63. The smallest absolute Gasteiger partial charge is 0.405 e. The first kappa shape index (κ1) is 26.4. The van der Waals surface area contributed by atoms with Gasteiger partial charge in [0.15, 0.2) is 5.78 Å². The Hall–Kier alpha value is -3.69. The Balaban J connectivity index is 1.54. The van der Waals surface area contributed by atoms with Crippen LogP contribution in [0.4, 0.5) is 4.79 Å². The van der Waals surface area contributed by atoms with Crippen LogP contribution in [0, 0.1) is 5.92 Å². The molecule has 4 rings (SSSR count). The number of carbonyl (C=O) groups is 3. The van der Waals surface area contributed by atoms with Gasteiger partial charge in [-0.25, -0.2) is 9.78 Å². The predicted molar refractivity (Wildman–Crippen MR) is 141 cm³/mol. The number of imidazole rings is 1. The second-order valence-electron chi connectivity index (χ2n) is 9.43. The summed E-state index contributed by atoms with van der Waals surface area (Å²) >= 11 is 6.53. The molecular weight excluding hydrogens is 494 g/mol. The van der Waals surface area contributed by atoms with Gasteiger partial charge >= 0.3 is 6.09 Å². The normalized spacial score (nSPS) is 16.1. The molecule has 1 aromatic heterocycles. The van der Waals surface area contributed by atoms with Crippen molar-refractivity contribution in [1.29, 1.82) is 0 Å². The number of likely N-dealkylation sites (tertiary alicyclic amines) is 1. The SMILES string of the molecule is CC(C)[C@H](NC(=O)O)C(=O)N1CCC[C@H]1c1nc(-c2ccc(-c3ccc(C(=O)CN)cc3)cc2)c(Cl)[nH]1. The van der Waals surface area contributed by atoms with Crippen molar-refractivity contribution in [3.05, 3.63) is 65.1 Å². The molecule has 1 fully saturated rings. The number of hydrogen-bond acceptors (Lipinski definition) is 5. The number of nitrogens with two attached hydrogens (primary N) is 1. The van der Waals surface area contributed by atoms with Gasteiger partial charge in [-0.3, -0.25) is 9.59 Å². The van der Waals surface area contributed by atoms with E-state index in [-0.39, 0.29) is 30.2 Å². The predicted octanol–water partition coefficient (Wildman–Crippen LogP) is 4.49. The van der Waals surface area contributed by atoms with Crippen LogP contribution in [0.5, 0.6) is 0 Å². The molecule has 1 aliphatic rings. The van der Waals surface area contributed by atoms with Gasteiger partial charge in [0.2, 0.25) is 5.91 Å². The molecule has 37 heavy (non-hydrogen) atoms. The molecule has 9 nitrogen and oxygen atoms in total. The Bertz CT molecular complexity index is 1290. The highest BCUT2D eigenvalue weighted by molar-refractivity contribution is 6.31. The standard InChI is InChI=1S/C27H30ClN5O4/c1-15(2)22(31-27(36)37)26(35)33-13-3-4-20(33)25-30-23(24(28)32-25)19-11-7-17(8-12-19)16-5-9-18(10-6-16)21(34)14-29/h5-12,15,20,22,31H,3-4,13-14,29H2,1-2H3,(H,30,32)(H,36,37)/t20-,22-/m0/s1. The quantitative estimate of drug-likeness (QED) is 0.320. The molecule has 0 radical (unpaired) electrons. The van der Waals surface area contributed by atoms with Crippen molar-refractivity contribution in [3.8, 4) is 22.4 Å². The minimum atomic E-state index is -1.23. The van der Waals surface area contributed by atoms with Crippen molar-refractivity contribution in [2.75, 3.05) is 13.1 Å². The van der Waals surface area contributed by atoms with Crippen LogP contribution >= 0.6 is 11.6 Å². The second kappa shape index (κ2) is 11.1. The van der Waals surface area contributed by atoms with Crippen molar-refractivity contribution in [2.24, 2.45) is 11.7 Å². The first-order valence-corrected chi connectivity index (χ1v) is 12.6. The Morgan fingerprint density at radius 1 is 1.11 bits per heavy atom. The average molecular weight is 524 g/mol. The number of Topliss-reactive ketones (excluding diaryl/α,β-unsaturated/α-hetero) is 1. The summed E-state index contributed by atoms with van der Waals surface area (Å²) < 4.78 is 0. The third-order valence-corrected chi connectivity index (χ3v) is 6.90. The second-order valence-corrected chi connectivity index (χ2v) is 9.81. The summed E-state index contributed by atoms with van der Waals surface area (Å²) in [4.78, 5) is 45.7. The average Bonchev–Trinajstić information content (AvgIpc) is 3.53. The summed E-state index contributed by atoms with van der Waals surface area (Å²) in [6, 6.07) is 13.9. The monoisotopic (exact) mass is 523 g/mol. The molecule has 0 saturated carbocycles. The molecule has 0 unspecified atom stereocenters. The van der Waals surface area contributed by atoms with E-state index in [1.807, 2.05) is 50.2 Å². The summed E-state index contributed by atoms with van der Waals surface area (Å²) in [5.41, 5.74) is 9.34. The van der Waals surface area contributed by atoms with Gasteiger partial charge in [0, 0.05) is 17.7 Å². The van der Waals surface area contributed by atoms with Crippen molar-refractivity contribution in [1.82, 2.24) is 20.2 Å². The van der Waals surface area contributed by atoms with Gasteiger partial charge in [-0.2, -0.15) is 0 Å². The van der Waals surface area contributed by atoms with Crippen LogP contribution in [0.15, 0.2) is 48.5 Å². The molecule has 2 atom stereocenters. The molecule has 194 valence electrons. The summed E-state index contributed by atoms with van der Waals surface area (Å²) in [6.07, 6.45) is 0.260. The Morgan fingerprint density at radius 2 is 1.70 bits per heavy atom. The minimum absolute atomic E-state index is 0.0231. The molecule has 0 bridgehead atoms. The lowest BCUT2D eigenvalue weighted by atomic mass is 10.0. The number of carboxylic acid groups (broad SMARTS) is 1. The van der Waals surface area contributed by atoms with Gasteiger partial charge in [-0.15, -0.1) is 0 Å². The first-order valence-electron chi connectivity index (χ1n) is 12.2. The van der Waals surface area contributed by atoms with E-state index in [0.717, 1.165) is 23.1 Å². The Kier molecular flexibility index (Phi) is 7.94. The fraction of sp³-hybridized carbons (Fsp3) is 0.333. The zero-order valence-electron chi connectivity index (χ0n) is 20.7. The highest BCUT2D eigenvalue weighted by Gasteiger charge is 2.37. The number of ketones is 1. The molecule has 10 heteroatoms. The molecule has 2 heterocycles. The minimum Gasteiger partial charge on any atom is -0.465 e. The van der Waals surface area contributed by atoms with Gasteiger partial charge in [0.1, 0.15) is 22.7 Å². The number of H-pyrrole nitrogens is 1. The van der Waals surface area contributed by atoms with Gasteiger partial charge in [0.25, 0.3) is 0 Å². The van der Waals surface area contributed by atoms with Crippen molar-refractivity contribution in [3.63, 3.8) is 0 Å². The van der Waals surface area contributed by atoms with Gasteiger partial charge in [-0.05, 0) is 29.9 Å². The highest BCUT2D eigenvalue weighted by Crippen LogP contribution is 2.35. The maximum Gasteiger partial charge on any atom is 0.405 e. The molecule has 2 amide bonds. The summed E-state index contributed by atoms with van der Waals surface area (Å²) in [6.45, 7) is 4.11. The van der Waals surface area contributed by atoms with E-state index in [4.69, 9.17) is 22.3 Å². The zero-order valence-corrected chi connectivity index (χ0v) is 21.5. The summed E-state index contributed by atoms with van der Waals surface area (Å²) in [7, 11) is 0. The van der Waals surface area contributed by atoms with Crippen LogP contribution < -0.4 is 11.1 Å². The number of nitrogens with one attached hydrogen (secondary N) is 2. The Labute approximate surface area is 220 Å². The van der Waals surface area contributed by atoms with Crippen molar-refractivity contribution < 1.29 is 19.5 Å². The summed E-state index contributed by atoms with van der Waals surface area (Å²) in [5.74, 6) is 0.00757.